The summed E-state index contributed by atoms with van der Waals surface area (Å²) in [5, 5.41) is 17.9. The number of aryl methyl sites for hydroxylation is 1. The molecule has 0 heterocycles. The van der Waals surface area contributed by atoms with Gasteiger partial charge in [0.1, 0.15) is 5.75 Å². The Morgan fingerprint density at radius 3 is 2.58 bits per heavy atom. The summed E-state index contributed by atoms with van der Waals surface area (Å²) < 4.78 is 0.551. The Kier molecular flexibility index (Phi) is 2.56. The van der Waals surface area contributed by atoms with E-state index in [0.29, 0.717) is 9.13 Å². The van der Waals surface area contributed by atoms with Crippen molar-refractivity contribution in [3.63, 3.8) is 0 Å². The number of hydrogen-bond donors (Lipinski definition) is 2. The lowest BCUT2D eigenvalue weighted by Gasteiger charge is -2.02. The van der Waals surface area contributed by atoms with Gasteiger partial charge in [-0.3, -0.25) is 0 Å². The van der Waals surface area contributed by atoms with E-state index in [0.717, 1.165) is 0 Å². The van der Waals surface area contributed by atoms with Gasteiger partial charge in [0.15, 0.2) is 0 Å². The second-order valence-electron chi connectivity index (χ2n) is 2.42. The summed E-state index contributed by atoms with van der Waals surface area (Å²) in [5.74, 6) is -0.844. The van der Waals surface area contributed by atoms with Crippen molar-refractivity contribution in [2.75, 3.05) is 0 Å². The van der Waals surface area contributed by atoms with Crippen LogP contribution in [-0.4, -0.2) is 16.2 Å². The Hall–Kier alpha value is -0.780. The second kappa shape index (κ2) is 3.30. The molecule has 0 aliphatic carbocycles. The molecule has 0 saturated heterocycles. The Morgan fingerprint density at radius 1 is 1.50 bits per heavy atom. The molecule has 1 aromatic carbocycles. The average Bonchev–Trinajstić information content (AvgIpc) is 1.96. The van der Waals surface area contributed by atoms with Crippen molar-refractivity contribution in [3.05, 3.63) is 26.8 Å². The van der Waals surface area contributed by atoms with Gasteiger partial charge in [0.05, 0.1) is 9.13 Å². The van der Waals surface area contributed by atoms with Gasteiger partial charge in [-0.05, 0) is 47.2 Å². The predicted octanol–water partition coefficient (Wildman–Crippen LogP) is 2.00. The molecular weight excluding hydrogens is 271 g/mol. The van der Waals surface area contributed by atoms with E-state index in [-0.39, 0.29) is 11.3 Å². The number of benzene rings is 1. The number of carboxylic acid groups (broad SMARTS) is 1. The number of carbonyl (C=O) groups is 1. The Labute approximate surface area is 83.2 Å². The zero-order valence-electron chi connectivity index (χ0n) is 6.34. The molecule has 64 valence electrons. The molecule has 0 aromatic heterocycles. The lowest BCUT2D eigenvalue weighted by molar-refractivity contribution is 0.0696. The minimum absolute atomic E-state index is 0.123. The fourth-order valence-electron chi connectivity index (χ4n) is 0.897. The van der Waals surface area contributed by atoms with Crippen LogP contribution in [0.2, 0.25) is 0 Å². The normalized spacial score (nSPS) is 9.83. The molecule has 0 fully saturated rings. The number of phenols is 1. The monoisotopic (exact) mass is 278 g/mol. The third kappa shape index (κ3) is 1.69. The molecule has 1 rings (SSSR count). The van der Waals surface area contributed by atoms with E-state index in [9.17, 15) is 9.90 Å². The van der Waals surface area contributed by atoms with Crippen LogP contribution in [-0.2, 0) is 0 Å². The lowest BCUT2D eigenvalue weighted by atomic mass is 10.1. The van der Waals surface area contributed by atoms with Crippen LogP contribution in [0.25, 0.3) is 0 Å². The molecule has 0 spiro atoms. The number of carboxylic acids is 1. The first-order valence-electron chi connectivity index (χ1n) is 3.25. The molecule has 12 heavy (non-hydrogen) atoms. The Morgan fingerprint density at radius 2 is 2.08 bits per heavy atom. The van der Waals surface area contributed by atoms with Gasteiger partial charge in [0.25, 0.3) is 0 Å². The van der Waals surface area contributed by atoms with Gasteiger partial charge in [0.2, 0.25) is 0 Å². The highest BCUT2D eigenvalue weighted by Gasteiger charge is 2.09. The maximum Gasteiger partial charge on any atom is 0.335 e. The van der Waals surface area contributed by atoms with Gasteiger partial charge in [-0.25, -0.2) is 4.79 Å². The molecule has 3 nitrogen and oxygen atoms in total. The largest absolute Gasteiger partial charge is 0.507 e. The van der Waals surface area contributed by atoms with Crippen molar-refractivity contribution in [2.24, 2.45) is 0 Å². The Balaban J connectivity index is 3.33. The van der Waals surface area contributed by atoms with Gasteiger partial charge in [-0.1, -0.05) is 0 Å². The minimum atomic E-state index is -0.967. The van der Waals surface area contributed by atoms with Crippen molar-refractivity contribution in [2.45, 2.75) is 6.92 Å². The molecular formula is C8H7IO3. The maximum atomic E-state index is 10.6. The Bertz CT molecular complexity index is 333. The smallest absolute Gasteiger partial charge is 0.335 e. The average molecular weight is 278 g/mol. The summed E-state index contributed by atoms with van der Waals surface area (Å²) in [6.07, 6.45) is 0. The number of hydrogen-bond acceptors (Lipinski definition) is 2. The highest BCUT2D eigenvalue weighted by Crippen LogP contribution is 2.23. The first-order chi connectivity index (χ1) is 5.52. The number of aromatic carboxylic acids is 1. The summed E-state index contributed by atoms with van der Waals surface area (Å²) in [6.45, 7) is 1.65. The third-order valence-corrected chi connectivity index (χ3v) is 2.39. The first-order valence-corrected chi connectivity index (χ1v) is 4.32. The van der Waals surface area contributed by atoms with Crippen LogP contribution < -0.4 is 0 Å². The number of phenolic OH excluding ortho intramolecular Hbond substituents is 1. The van der Waals surface area contributed by atoms with E-state index in [2.05, 4.69) is 0 Å². The van der Waals surface area contributed by atoms with E-state index in [4.69, 9.17) is 5.11 Å². The molecule has 0 unspecified atom stereocenters. The molecule has 0 aliphatic rings. The molecule has 0 atom stereocenters. The van der Waals surface area contributed by atoms with Crippen LogP contribution >= 0.6 is 22.6 Å². The molecule has 0 amide bonds. The quantitative estimate of drug-likeness (QED) is 0.772. The topological polar surface area (TPSA) is 57.5 Å². The minimum Gasteiger partial charge on any atom is -0.507 e. The summed E-state index contributed by atoms with van der Waals surface area (Å²) in [6, 6.07) is 2.90. The van der Waals surface area contributed by atoms with Gasteiger partial charge in [0, 0.05) is 0 Å². The van der Waals surface area contributed by atoms with Crippen LogP contribution in [0, 0.1) is 10.5 Å². The number of aromatic hydroxyl groups is 1. The van der Waals surface area contributed by atoms with Gasteiger partial charge < -0.3 is 10.2 Å². The van der Waals surface area contributed by atoms with E-state index in [1.807, 2.05) is 22.6 Å². The van der Waals surface area contributed by atoms with Crippen molar-refractivity contribution < 1.29 is 15.0 Å². The fourth-order valence-corrected chi connectivity index (χ4v) is 1.36. The van der Waals surface area contributed by atoms with Gasteiger partial charge in [-0.15, -0.1) is 0 Å². The third-order valence-electron chi connectivity index (χ3n) is 1.52. The van der Waals surface area contributed by atoms with Crippen LogP contribution in [0.3, 0.4) is 0 Å². The van der Waals surface area contributed by atoms with E-state index >= 15 is 0 Å². The van der Waals surface area contributed by atoms with Crippen molar-refractivity contribution >= 4 is 28.6 Å². The number of rotatable bonds is 1. The molecule has 0 saturated carbocycles. The summed E-state index contributed by atoms with van der Waals surface area (Å²) in [5.41, 5.74) is 0.803. The van der Waals surface area contributed by atoms with Crippen LogP contribution in [0.1, 0.15) is 15.9 Å². The van der Waals surface area contributed by atoms with Crippen molar-refractivity contribution in [1.29, 1.82) is 0 Å². The highest BCUT2D eigenvalue weighted by atomic mass is 127. The summed E-state index contributed by atoms with van der Waals surface area (Å²) in [4.78, 5) is 10.6. The molecule has 0 aliphatic heterocycles. The van der Waals surface area contributed by atoms with E-state index in [1.54, 1.807) is 6.92 Å². The first kappa shape index (κ1) is 9.31. The molecule has 2 N–H and O–H groups in total. The number of halogens is 1. The van der Waals surface area contributed by atoms with Crippen LogP contribution in [0.15, 0.2) is 12.1 Å². The lowest BCUT2D eigenvalue weighted by Crippen LogP contribution is -1.99. The molecule has 0 bridgehead atoms. The molecule has 0 radical (unpaired) electrons. The van der Waals surface area contributed by atoms with Gasteiger partial charge >= 0.3 is 5.97 Å². The summed E-state index contributed by atoms with van der Waals surface area (Å²) in [7, 11) is 0. The van der Waals surface area contributed by atoms with Gasteiger partial charge in [-0.2, -0.15) is 0 Å². The van der Waals surface area contributed by atoms with Crippen molar-refractivity contribution in [1.82, 2.24) is 0 Å². The zero-order valence-corrected chi connectivity index (χ0v) is 8.49. The van der Waals surface area contributed by atoms with E-state index in [1.165, 1.54) is 12.1 Å². The fraction of sp³-hybridized carbons (Fsp3) is 0.125. The maximum absolute atomic E-state index is 10.6. The summed E-state index contributed by atoms with van der Waals surface area (Å²) >= 11 is 1.89. The van der Waals surface area contributed by atoms with Crippen molar-refractivity contribution in [3.8, 4) is 5.75 Å². The second-order valence-corrected chi connectivity index (χ2v) is 3.59. The molecule has 1 aromatic rings. The van der Waals surface area contributed by atoms with Crippen LogP contribution in [0.4, 0.5) is 0 Å². The zero-order chi connectivity index (χ0) is 9.30. The molecule has 4 heteroatoms. The predicted molar refractivity (Wildman–Crippen MR) is 52.5 cm³/mol. The SMILES string of the molecule is Cc1cc(O)c(I)cc1C(=O)O. The van der Waals surface area contributed by atoms with Crippen LogP contribution in [0.5, 0.6) is 5.75 Å². The standard InChI is InChI=1S/C8H7IO3/c1-4-2-7(10)6(9)3-5(4)8(11)12/h2-3,10H,1H3,(H,11,12). The highest BCUT2D eigenvalue weighted by molar-refractivity contribution is 14.1. The van der Waals surface area contributed by atoms with E-state index < -0.39 is 5.97 Å².